The smallest absolute Gasteiger partial charge is 0.193 e. The Kier molecular flexibility index (Phi) is 8.67. The highest BCUT2D eigenvalue weighted by Gasteiger charge is 2.26. The largest absolute Gasteiger partial charge is 0.497 e. The molecule has 2 rings (SSSR count). The van der Waals surface area contributed by atoms with Gasteiger partial charge in [-0.1, -0.05) is 41.1 Å². The zero-order valence-electron chi connectivity index (χ0n) is 14.2. The van der Waals surface area contributed by atoms with Crippen molar-refractivity contribution in [2.24, 2.45) is 10.7 Å². The fourth-order valence-corrected chi connectivity index (χ4v) is 2.54. The van der Waals surface area contributed by atoms with E-state index < -0.39 is 5.60 Å². The van der Waals surface area contributed by atoms with E-state index in [4.69, 9.17) is 10.5 Å². The summed E-state index contributed by atoms with van der Waals surface area (Å²) in [5.41, 5.74) is 6.47. The number of rotatable bonds is 6. The Bertz CT molecular complexity index is 710. The summed E-state index contributed by atoms with van der Waals surface area (Å²) < 4.78 is 6.14. The predicted octanol–water partition coefficient (Wildman–Crippen LogP) is 4.10. The van der Waals surface area contributed by atoms with Crippen LogP contribution < -0.4 is 15.8 Å². The number of benzene rings is 2. The Hall–Kier alpha value is -1.32. The quantitative estimate of drug-likeness (QED) is 0.305. The number of guanidine groups is 1. The normalized spacial score (nSPS) is 13.5. The summed E-state index contributed by atoms with van der Waals surface area (Å²) in [6.07, 6.45) is 0.532. The zero-order valence-corrected chi connectivity index (χ0v) is 18.1. The maximum absolute atomic E-state index is 10.9. The summed E-state index contributed by atoms with van der Waals surface area (Å²) in [6, 6.07) is 15.0. The van der Waals surface area contributed by atoms with Crippen LogP contribution in [0, 0.1) is 0 Å². The molecule has 25 heavy (non-hydrogen) atoms. The number of hydrogen-bond acceptors (Lipinski definition) is 3. The topological polar surface area (TPSA) is 79.9 Å². The highest BCUT2D eigenvalue weighted by Crippen LogP contribution is 2.26. The standard InChI is InChI=1S/C18H22BrN3O2.HI/c1-3-18(23,13-7-9-14(19)10-8-13)12-21-17(20)22-15-5-4-6-16(11-15)24-2;/h4-11,23H,3,12H2,1-2H3,(H3,20,21,22);1H. The van der Waals surface area contributed by atoms with Crippen molar-refractivity contribution in [1.29, 1.82) is 0 Å². The molecule has 0 aliphatic heterocycles. The molecular weight excluding hydrogens is 497 g/mol. The maximum atomic E-state index is 10.9. The van der Waals surface area contributed by atoms with Gasteiger partial charge in [0.2, 0.25) is 0 Å². The Morgan fingerprint density at radius 3 is 2.56 bits per heavy atom. The van der Waals surface area contributed by atoms with Crippen LogP contribution in [0.5, 0.6) is 5.75 Å². The van der Waals surface area contributed by atoms with Crippen molar-refractivity contribution in [3.63, 3.8) is 0 Å². The molecule has 136 valence electrons. The third-order valence-electron chi connectivity index (χ3n) is 3.82. The second kappa shape index (κ2) is 9.98. The van der Waals surface area contributed by atoms with Crippen molar-refractivity contribution in [3.8, 4) is 5.75 Å². The lowest BCUT2D eigenvalue weighted by Crippen LogP contribution is -2.31. The van der Waals surface area contributed by atoms with Crippen molar-refractivity contribution < 1.29 is 9.84 Å². The van der Waals surface area contributed by atoms with Crippen molar-refractivity contribution in [3.05, 3.63) is 58.6 Å². The Morgan fingerprint density at radius 2 is 1.96 bits per heavy atom. The van der Waals surface area contributed by atoms with Crippen LogP contribution in [0.3, 0.4) is 0 Å². The fraction of sp³-hybridized carbons (Fsp3) is 0.278. The van der Waals surface area contributed by atoms with Crippen LogP contribution in [-0.2, 0) is 5.60 Å². The number of hydrogen-bond donors (Lipinski definition) is 3. The van der Waals surface area contributed by atoms with Crippen molar-refractivity contribution in [2.75, 3.05) is 19.0 Å². The molecule has 2 aromatic rings. The monoisotopic (exact) mass is 519 g/mol. The van der Waals surface area contributed by atoms with Gasteiger partial charge in [-0.3, -0.25) is 0 Å². The number of aliphatic imine (C=N–C) groups is 1. The summed E-state index contributed by atoms with van der Waals surface area (Å²) in [4.78, 5) is 4.30. The first kappa shape index (κ1) is 21.7. The lowest BCUT2D eigenvalue weighted by Gasteiger charge is -2.25. The van der Waals surface area contributed by atoms with Gasteiger partial charge in [-0.15, -0.1) is 24.0 Å². The second-order valence-corrected chi connectivity index (χ2v) is 6.37. The third kappa shape index (κ3) is 6.16. The van der Waals surface area contributed by atoms with Gasteiger partial charge >= 0.3 is 0 Å². The molecule has 0 aliphatic rings. The predicted molar refractivity (Wildman–Crippen MR) is 117 cm³/mol. The summed E-state index contributed by atoms with van der Waals surface area (Å²) in [5.74, 6) is 0.972. The molecule has 0 bridgehead atoms. The average Bonchev–Trinajstić information content (AvgIpc) is 2.60. The summed E-state index contributed by atoms with van der Waals surface area (Å²) in [7, 11) is 1.61. The minimum absolute atomic E-state index is 0. The van der Waals surface area contributed by atoms with E-state index in [2.05, 4.69) is 26.2 Å². The van der Waals surface area contributed by atoms with Crippen LogP contribution in [0.2, 0.25) is 0 Å². The second-order valence-electron chi connectivity index (χ2n) is 5.45. The van der Waals surface area contributed by atoms with Crippen LogP contribution >= 0.6 is 39.9 Å². The number of nitrogens with one attached hydrogen (secondary N) is 1. The highest BCUT2D eigenvalue weighted by molar-refractivity contribution is 14.0. The van der Waals surface area contributed by atoms with E-state index in [1.807, 2.05) is 55.5 Å². The lowest BCUT2D eigenvalue weighted by atomic mass is 9.91. The SMILES string of the molecule is CCC(O)(CN=C(N)Nc1cccc(OC)c1)c1ccc(Br)cc1.I. The van der Waals surface area contributed by atoms with E-state index in [0.717, 1.165) is 21.5 Å². The van der Waals surface area contributed by atoms with E-state index >= 15 is 0 Å². The fourth-order valence-electron chi connectivity index (χ4n) is 2.27. The Balaban J connectivity index is 0.00000312. The van der Waals surface area contributed by atoms with E-state index in [0.29, 0.717) is 6.42 Å². The van der Waals surface area contributed by atoms with Gasteiger partial charge in [-0.05, 0) is 36.2 Å². The number of methoxy groups -OCH3 is 1. The third-order valence-corrected chi connectivity index (χ3v) is 4.35. The molecule has 0 saturated carbocycles. The molecule has 7 heteroatoms. The molecule has 0 radical (unpaired) electrons. The first-order chi connectivity index (χ1) is 11.5. The molecule has 1 atom stereocenters. The van der Waals surface area contributed by atoms with Crippen LogP contribution in [0.1, 0.15) is 18.9 Å². The van der Waals surface area contributed by atoms with Gasteiger partial charge in [0.15, 0.2) is 5.96 Å². The lowest BCUT2D eigenvalue weighted by molar-refractivity contribution is 0.0424. The van der Waals surface area contributed by atoms with Crippen LogP contribution in [-0.4, -0.2) is 24.7 Å². The molecule has 0 aromatic heterocycles. The average molecular weight is 520 g/mol. The highest BCUT2D eigenvalue weighted by atomic mass is 127. The van der Waals surface area contributed by atoms with Gasteiger partial charge in [0, 0.05) is 16.2 Å². The van der Waals surface area contributed by atoms with Crippen molar-refractivity contribution in [1.82, 2.24) is 0 Å². The molecule has 0 fully saturated rings. The first-order valence-corrected chi connectivity index (χ1v) is 8.45. The molecule has 0 amide bonds. The van der Waals surface area contributed by atoms with E-state index in [9.17, 15) is 5.11 Å². The van der Waals surface area contributed by atoms with Gasteiger partial charge in [0.05, 0.1) is 13.7 Å². The van der Waals surface area contributed by atoms with Crippen LogP contribution in [0.15, 0.2) is 58.0 Å². The first-order valence-electron chi connectivity index (χ1n) is 7.66. The molecule has 0 aliphatic carbocycles. The number of ether oxygens (including phenoxy) is 1. The summed E-state index contributed by atoms with van der Waals surface area (Å²) in [6.45, 7) is 2.09. The molecule has 1 unspecified atom stereocenters. The van der Waals surface area contributed by atoms with Crippen molar-refractivity contribution in [2.45, 2.75) is 18.9 Å². The van der Waals surface area contributed by atoms with E-state index in [1.165, 1.54) is 0 Å². The molecule has 0 spiro atoms. The molecule has 4 N–H and O–H groups in total. The number of aliphatic hydroxyl groups is 1. The number of nitrogens with two attached hydrogens (primary N) is 1. The van der Waals surface area contributed by atoms with Gasteiger partial charge in [-0.2, -0.15) is 0 Å². The van der Waals surface area contributed by atoms with Crippen LogP contribution in [0.4, 0.5) is 5.69 Å². The minimum Gasteiger partial charge on any atom is -0.497 e. The molecule has 5 nitrogen and oxygen atoms in total. The Labute approximate surface area is 173 Å². The maximum Gasteiger partial charge on any atom is 0.193 e. The van der Waals surface area contributed by atoms with E-state index in [-0.39, 0.29) is 36.5 Å². The Morgan fingerprint density at radius 1 is 1.28 bits per heavy atom. The van der Waals surface area contributed by atoms with Crippen molar-refractivity contribution >= 4 is 51.6 Å². The molecule has 0 saturated heterocycles. The zero-order chi connectivity index (χ0) is 17.6. The molecule has 0 heterocycles. The summed E-state index contributed by atoms with van der Waals surface area (Å²) in [5, 5.41) is 13.9. The minimum atomic E-state index is -1.05. The molecule has 2 aromatic carbocycles. The molecular formula is C18H23BrIN3O2. The summed E-state index contributed by atoms with van der Waals surface area (Å²) >= 11 is 3.40. The van der Waals surface area contributed by atoms with Gasteiger partial charge < -0.3 is 20.9 Å². The van der Waals surface area contributed by atoms with Gasteiger partial charge in [-0.25, -0.2) is 4.99 Å². The number of anilines is 1. The van der Waals surface area contributed by atoms with E-state index in [1.54, 1.807) is 7.11 Å². The van der Waals surface area contributed by atoms with Gasteiger partial charge in [0.25, 0.3) is 0 Å². The van der Waals surface area contributed by atoms with Gasteiger partial charge in [0.1, 0.15) is 11.4 Å². The number of halogens is 2. The van der Waals surface area contributed by atoms with Crippen LogP contribution in [0.25, 0.3) is 0 Å². The number of nitrogens with zero attached hydrogens (tertiary/aromatic N) is 1.